The lowest BCUT2D eigenvalue weighted by molar-refractivity contribution is 0.0601. The van der Waals surface area contributed by atoms with Crippen molar-refractivity contribution in [2.75, 3.05) is 7.11 Å². The smallest absolute Gasteiger partial charge is 0.340 e. The molecule has 0 saturated heterocycles. The predicted molar refractivity (Wildman–Crippen MR) is 47.8 cm³/mol. The largest absolute Gasteiger partial charge is 0.465 e. The Morgan fingerprint density at radius 2 is 1.83 bits per heavy atom. The molecule has 0 aromatic heterocycles. The van der Waals surface area contributed by atoms with Gasteiger partial charge in [-0.2, -0.15) is 0 Å². The molecule has 0 saturated carbocycles. The molecule has 0 N–H and O–H groups in total. The first-order valence-corrected chi connectivity index (χ1v) is 3.94. The normalized spacial score (nSPS) is 9.58. The van der Waals surface area contributed by atoms with Crippen molar-refractivity contribution in [1.29, 1.82) is 0 Å². The highest BCUT2D eigenvalue weighted by Crippen LogP contribution is 2.24. The number of hydrogen-bond acceptors (Lipinski definition) is 2. The second-order valence-electron chi connectivity index (χ2n) is 2.09. The molecule has 0 radical (unpaired) electrons. The number of carbonyl (C=O) groups excluding carboxylic acids is 1. The molecule has 0 fully saturated rings. The average molecular weight is 205 g/mol. The van der Waals surface area contributed by atoms with Crippen LogP contribution in [0.5, 0.6) is 0 Å². The molecule has 4 heteroatoms. The zero-order valence-corrected chi connectivity index (χ0v) is 7.82. The Labute approximate surface area is 80.0 Å². The Hall–Kier alpha value is -0.730. The lowest BCUT2D eigenvalue weighted by Gasteiger charge is -2.02. The van der Waals surface area contributed by atoms with Crippen LogP contribution in [-0.2, 0) is 4.74 Å². The first kappa shape index (κ1) is 9.36. The molecule has 0 aliphatic carbocycles. The van der Waals surface area contributed by atoms with Gasteiger partial charge in [-0.25, -0.2) is 4.79 Å². The first-order valence-electron chi connectivity index (χ1n) is 3.19. The minimum absolute atomic E-state index is 0.211. The molecule has 0 amide bonds. The van der Waals surface area contributed by atoms with E-state index in [1.165, 1.54) is 7.11 Å². The first-order chi connectivity index (χ1) is 5.66. The summed E-state index contributed by atoms with van der Waals surface area (Å²) >= 11 is 11.4. The van der Waals surface area contributed by atoms with Crippen molar-refractivity contribution in [3.05, 3.63) is 33.8 Å². The van der Waals surface area contributed by atoms with E-state index in [1.807, 2.05) is 0 Å². The zero-order valence-electron chi connectivity index (χ0n) is 6.30. The average Bonchev–Trinajstić information content (AvgIpc) is 2.03. The Bertz CT molecular complexity index is 290. The Balaban J connectivity index is 3.21. The minimum Gasteiger partial charge on any atom is -0.465 e. The van der Waals surface area contributed by atoms with Gasteiger partial charge in [0.2, 0.25) is 0 Å². The molecule has 1 aromatic rings. The number of rotatable bonds is 1. The van der Waals surface area contributed by atoms with Crippen LogP contribution in [0.4, 0.5) is 0 Å². The van der Waals surface area contributed by atoms with E-state index in [0.717, 1.165) is 0 Å². The van der Waals surface area contributed by atoms with Crippen LogP contribution in [0.1, 0.15) is 10.4 Å². The molecule has 0 aliphatic rings. The van der Waals surface area contributed by atoms with E-state index >= 15 is 0 Å². The number of halogens is 2. The molecule has 1 rings (SSSR count). The second kappa shape index (κ2) is 3.78. The van der Waals surface area contributed by atoms with E-state index in [2.05, 4.69) is 4.74 Å². The van der Waals surface area contributed by atoms with E-state index in [4.69, 9.17) is 23.2 Å². The fraction of sp³-hybridized carbons (Fsp3) is 0.125. The zero-order chi connectivity index (χ0) is 9.14. The van der Waals surface area contributed by atoms with Gasteiger partial charge in [0.15, 0.2) is 0 Å². The van der Waals surface area contributed by atoms with Crippen molar-refractivity contribution in [3.63, 3.8) is 0 Å². The third kappa shape index (κ3) is 1.71. The lowest BCUT2D eigenvalue weighted by Crippen LogP contribution is -2.02. The number of ether oxygens (including phenoxy) is 1. The van der Waals surface area contributed by atoms with Gasteiger partial charge in [0.1, 0.15) is 0 Å². The van der Waals surface area contributed by atoms with Crippen LogP contribution in [0.25, 0.3) is 0 Å². The SMILES string of the molecule is COC(=O)c1c(Cl)cccc1Cl. The van der Waals surface area contributed by atoms with Crippen molar-refractivity contribution in [3.8, 4) is 0 Å². The van der Waals surface area contributed by atoms with Crippen LogP contribution in [0.15, 0.2) is 18.2 Å². The van der Waals surface area contributed by atoms with Gasteiger partial charge in [0.05, 0.1) is 22.7 Å². The molecule has 0 unspecified atom stereocenters. The fourth-order valence-corrected chi connectivity index (χ4v) is 1.35. The summed E-state index contributed by atoms with van der Waals surface area (Å²) in [5, 5.41) is 0.601. The standard InChI is InChI=1S/C8H6Cl2O2/c1-12-8(11)7-5(9)3-2-4-6(7)10/h2-4H,1H3. The highest BCUT2D eigenvalue weighted by Gasteiger charge is 2.13. The molecule has 0 heterocycles. The van der Waals surface area contributed by atoms with Gasteiger partial charge >= 0.3 is 5.97 Å². The van der Waals surface area contributed by atoms with Gasteiger partial charge in [-0.15, -0.1) is 0 Å². The van der Waals surface area contributed by atoms with Crippen LogP contribution >= 0.6 is 23.2 Å². The van der Waals surface area contributed by atoms with Crippen molar-refractivity contribution in [2.24, 2.45) is 0 Å². The van der Waals surface area contributed by atoms with Crippen LogP contribution in [0.3, 0.4) is 0 Å². The molecule has 0 spiro atoms. The number of methoxy groups -OCH3 is 1. The Morgan fingerprint density at radius 3 is 2.25 bits per heavy atom. The van der Waals surface area contributed by atoms with Crippen LogP contribution in [0.2, 0.25) is 10.0 Å². The number of carbonyl (C=O) groups is 1. The van der Waals surface area contributed by atoms with Crippen LogP contribution < -0.4 is 0 Å². The molecule has 2 nitrogen and oxygen atoms in total. The number of hydrogen-bond donors (Lipinski definition) is 0. The lowest BCUT2D eigenvalue weighted by atomic mass is 10.2. The van der Waals surface area contributed by atoms with Crippen LogP contribution in [0, 0.1) is 0 Å². The Morgan fingerprint density at radius 1 is 1.33 bits per heavy atom. The van der Waals surface area contributed by atoms with Gasteiger partial charge in [0, 0.05) is 0 Å². The highest BCUT2D eigenvalue weighted by molar-refractivity contribution is 6.39. The quantitative estimate of drug-likeness (QED) is 0.659. The van der Waals surface area contributed by atoms with E-state index in [-0.39, 0.29) is 5.56 Å². The maximum absolute atomic E-state index is 11.1. The summed E-state index contributed by atoms with van der Waals surface area (Å²) in [5.41, 5.74) is 0.211. The summed E-state index contributed by atoms with van der Waals surface area (Å²) in [7, 11) is 1.28. The van der Waals surface area contributed by atoms with Gasteiger partial charge in [-0.3, -0.25) is 0 Å². The summed E-state index contributed by atoms with van der Waals surface area (Å²) in [6.45, 7) is 0. The van der Waals surface area contributed by atoms with Crippen molar-refractivity contribution < 1.29 is 9.53 Å². The van der Waals surface area contributed by atoms with Crippen molar-refractivity contribution in [1.82, 2.24) is 0 Å². The van der Waals surface area contributed by atoms with E-state index in [9.17, 15) is 4.79 Å². The van der Waals surface area contributed by atoms with E-state index < -0.39 is 5.97 Å². The summed E-state index contributed by atoms with van der Waals surface area (Å²) in [6.07, 6.45) is 0. The molecule has 1 aromatic carbocycles. The molecular weight excluding hydrogens is 199 g/mol. The van der Waals surface area contributed by atoms with Crippen LogP contribution in [-0.4, -0.2) is 13.1 Å². The van der Waals surface area contributed by atoms with Crippen molar-refractivity contribution >= 4 is 29.2 Å². The van der Waals surface area contributed by atoms with Crippen molar-refractivity contribution in [2.45, 2.75) is 0 Å². The third-order valence-electron chi connectivity index (χ3n) is 1.35. The fourth-order valence-electron chi connectivity index (χ4n) is 0.795. The summed E-state index contributed by atoms with van der Waals surface area (Å²) in [5.74, 6) is -0.523. The molecule has 0 atom stereocenters. The molecule has 0 bridgehead atoms. The van der Waals surface area contributed by atoms with Gasteiger partial charge in [-0.1, -0.05) is 29.3 Å². The summed E-state index contributed by atoms with van der Waals surface area (Å²) in [4.78, 5) is 11.1. The second-order valence-corrected chi connectivity index (χ2v) is 2.90. The molecule has 64 valence electrons. The molecule has 0 aliphatic heterocycles. The molecular formula is C8H6Cl2O2. The minimum atomic E-state index is -0.523. The number of esters is 1. The summed E-state index contributed by atoms with van der Waals surface area (Å²) < 4.78 is 4.49. The maximum Gasteiger partial charge on any atom is 0.340 e. The monoisotopic (exact) mass is 204 g/mol. The predicted octanol–water partition coefficient (Wildman–Crippen LogP) is 2.78. The summed E-state index contributed by atoms with van der Waals surface area (Å²) in [6, 6.07) is 4.83. The number of benzene rings is 1. The maximum atomic E-state index is 11.1. The topological polar surface area (TPSA) is 26.3 Å². The Kier molecular flexibility index (Phi) is 2.95. The van der Waals surface area contributed by atoms with Gasteiger partial charge < -0.3 is 4.74 Å². The van der Waals surface area contributed by atoms with E-state index in [0.29, 0.717) is 10.0 Å². The molecule has 12 heavy (non-hydrogen) atoms. The van der Waals surface area contributed by atoms with E-state index in [1.54, 1.807) is 18.2 Å². The van der Waals surface area contributed by atoms with Gasteiger partial charge in [0.25, 0.3) is 0 Å². The highest BCUT2D eigenvalue weighted by atomic mass is 35.5. The van der Waals surface area contributed by atoms with Gasteiger partial charge in [-0.05, 0) is 12.1 Å². The third-order valence-corrected chi connectivity index (χ3v) is 1.98.